The summed E-state index contributed by atoms with van der Waals surface area (Å²) in [6.07, 6.45) is 0.931. The minimum atomic E-state index is -0.510. The summed E-state index contributed by atoms with van der Waals surface area (Å²) in [4.78, 5) is 40.9. The average molecular weight is 386 g/mol. The molecule has 0 radical (unpaired) electrons. The van der Waals surface area contributed by atoms with Crippen molar-refractivity contribution in [2.24, 2.45) is 0 Å². The minimum absolute atomic E-state index is 0.0288. The highest BCUT2D eigenvalue weighted by Crippen LogP contribution is 2.31. The largest absolute Gasteiger partial charge is 0.325 e. The first-order valence-electron chi connectivity index (χ1n) is 9.66. The fourth-order valence-corrected chi connectivity index (χ4v) is 3.95. The van der Waals surface area contributed by atoms with E-state index in [2.05, 4.69) is 10.3 Å². The van der Waals surface area contributed by atoms with Crippen LogP contribution in [-0.2, 0) is 6.42 Å². The maximum Gasteiger partial charge on any atom is 0.261 e. The summed E-state index contributed by atoms with van der Waals surface area (Å²) in [5.41, 5.74) is 4.09. The monoisotopic (exact) mass is 386 g/mol. The van der Waals surface area contributed by atoms with Crippen molar-refractivity contribution in [3.8, 4) is 0 Å². The van der Waals surface area contributed by atoms with E-state index in [4.69, 9.17) is 0 Å². The third kappa shape index (κ3) is 3.63. The fraction of sp³-hybridized carbons (Fsp3) is 0.208. The van der Waals surface area contributed by atoms with Crippen LogP contribution in [0.15, 0.2) is 59.4 Å². The van der Waals surface area contributed by atoms with Gasteiger partial charge in [-0.05, 0) is 48.9 Å². The Morgan fingerprint density at radius 2 is 1.66 bits per heavy atom. The molecule has 0 bridgehead atoms. The number of aryl methyl sites for hydroxylation is 2. The van der Waals surface area contributed by atoms with E-state index in [0.717, 1.165) is 16.7 Å². The van der Waals surface area contributed by atoms with E-state index < -0.39 is 11.5 Å². The van der Waals surface area contributed by atoms with Gasteiger partial charge in [0.1, 0.15) is 5.56 Å². The number of hydrogen-bond donors (Lipinski definition) is 2. The molecule has 1 heterocycles. The number of aromatic nitrogens is 1. The SMILES string of the molecule is Cc1cccc(C)c1NC(=O)c1cc2c([nH]c1=O)C[C@@H](c1ccccc1)CC2=O. The number of fused-ring (bicyclic) bond motifs is 1. The van der Waals surface area contributed by atoms with Gasteiger partial charge in [-0.3, -0.25) is 14.4 Å². The van der Waals surface area contributed by atoms with Crippen LogP contribution in [0.2, 0.25) is 0 Å². The summed E-state index contributed by atoms with van der Waals surface area (Å²) >= 11 is 0. The summed E-state index contributed by atoms with van der Waals surface area (Å²) < 4.78 is 0. The van der Waals surface area contributed by atoms with Crippen LogP contribution in [0.1, 0.15) is 55.4 Å². The summed E-state index contributed by atoms with van der Waals surface area (Å²) in [5.74, 6) is -0.539. The van der Waals surface area contributed by atoms with Crippen LogP contribution in [0.4, 0.5) is 5.69 Å². The zero-order valence-electron chi connectivity index (χ0n) is 16.4. The Labute approximate surface area is 168 Å². The number of anilines is 1. The molecule has 146 valence electrons. The van der Waals surface area contributed by atoms with Crippen LogP contribution in [-0.4, -0.2) is 16.7 Å². The van der Waals surface area contributed by atoms with E-state index in [1.54, 1.807) is 0 Å². The van der Waals surface area contributed by atoms with E-state index in [1.165, 1.54) is 6.07 Å². The van der Waals surface area contributed by atoms with E-state index in [0.29, 0.717) is 29.8 Å². The number of hydrogen-bond acceptors (Lipinski definition) is 3. The average Bonchev–Trinajstić information content (AvgIpc) is 2.71. The van der Waals surface area contributed by atoms with Crippen molar-refractivity contribution >= 4 is 17.4 Å². The Morgan fingerprint density at radius 1 is 0.966 bits per heavy atom. The number of nitrogens with one attached hydrogen (secondary N) is 2. The molecule has 1 amide bonds. The predicted molar refractivity (Wildman–Crippen MR) is 113 cm³/mol. The van der Waals surface area contributed by atoms with Crippen molar-refractivity contribution in [1.29, 1.82) is 0 Å². The molecular formula is C24H22N2O3. The van der Waals surface area contributed by atoms with Gasteiger partial charge in [-0.1, -0.05) is 48.5 Å². The second kappa shape index (κ2) is 7.51. The third-order valence-electron chi connectivity index (χ3n) is 5.54. The first kappa shape index (κ1) is 18.9. The molecule has 4 rings (SSSR count). The molecule has 0 saturated heterocycles. The molecular weight excluding hydrogens is 364 g/mol. The predicted octanol–water partition coefficient (Wildman–Crippen LogP) is 4.16. The van der Waals surface area contributed by atoms with Crippen molar-refractivity contribution in [1.82, 2.24) is 4.98 Å². The molecule has 29 heavy (non-hydrogen) atoms. The summed E-state index contributed by atoms with van der Waals surface area (Å²) in [5, 5.41) is 2.82. The lowest BCUT2D eigenvalue weighted by molar-refractivity contribution is 0.0963. The Bertz CT molecular complexity index is 1140. The van der Waals surface area contributed by atoms with Gasteiger partial charge >= 0.3 is 0 Å². The Morgan fingerprint density at radius 3 is 2.34 bits per heavy atom. The lowest BCUT2D eigenvalue weighted by atomic mass is 9.81. The molecule has 2 aromatic carbocycles. The standard InChI is InChI=1S/C24H22N2O3/c1-14-7-6-8-15(2)22(14)26-24(29)19-13-18-20(25-23(19)28)11-17(12-21(18)27)16-9-4-3-5-10-16/h3-10,13,17H,11-12H2,1-2H3,(H,25,28)(H,26,29)/t17-/m1/s1. The zero-order valence-corrected chi connectivity index (χ0v) is 16.4. The first-order chi connectivity index (χ1) is 13.9. The fourth-order valence-electron chi connectivity index (χ4n) is 3.95. The van der Waals surface area contributed by atoms with Gasteiger partial charge in [-0.25, -0.2) is 0 Å². The number of benzene rings is 2. The van der Waals surface area contributed by atoms with Gasteiger partial charge in [0.25, 0.3) is 11.5 Å². The Kier molecular flexibility index (Phi) is 4.89. The summed E-state index contributed by atoms with van der Waals surface area (Å²) in [7, 11) is 0. The van der Waals surface area contributed by atoms with E-state index in [9.17, 15) is 14.4 Å². The molecule has 0 aliphatic heterocycles. The first-order valence-corrected chi connectivity index (χ1v) is 9.66. The van der Waals surface area contributed by atoms with Crippen molar-refractivity contribution in [3.63, 3.8) is 0 Å². The molecule has 0 spiro atoms. The minimum Gasteiger partial charge on any atom is -0.325 e. The van der Waals surface area contributed by atoms with Gasteiger partial charge in [-0.15, -0.1) is 0 Å². The number of carbonyl (C=O) groups excluding carboxylic acids is 2. The summed E-state index contributed by atoms with van der Waals surface area (Å²) in [6, 6.07) is 17.0. The van der Waals surface area contributed by atoms with Crippen molar-refractivity contribution < 1.29 is 9.59 Å². The third-order valence-corrected chi connectivity index (χ3v) is 5.54. The number of carbonyl (C=O) groups is 2. The zero-order chi connectivity index (χ0) is 20.5. The number of aromatic amines is 1. The number of Topliss-reactive ketones (excluding diaryl/α,β-unsaturated/α-hetero) is 1. The highest BCUT2D eigenvalue weighted by atomic mass is 16.2. The molecule has 3 aromatic rings. The Hall–Kier alpha value is -3.47. The number of rotatable bonds is 3. The van der Waals surface area contributed by atoms with Crippen molar-refractivity contribution in [3.05, 3.63) is 98.5 Å². The number of para-hydroxylation sites is 1. The second-order valence-electron chi connectivity index (χ2n) is 7.56. The quantitative estimate of drug-likeness (QED) is 0.709. The van der Waals surface area contributed by atoms with Gasteiger partial charge < -0.3 is 10.3 Å². The van der Waals surface area contributed by atoms with Gasteiger partial charge in [0, 0.05) is 23.4 Å². The maximum absolute atomic E-state index is 12.8. The molecule has 0 unspecified atom stereocenters. The number of pyridine rings is 1. The van der Waals surface area contributed by atoms with E-state index >= 15 is 0 Å². The lowest BCUT2D eigenvalue weighted by Crippen LogP contribution is -2.29. The molecule has 5 heteroatoms. The normalized spacial score (nSPS) is 15.7. The molecule has 5 nitrogen and oxygen atoms in total. The lowest BCUT2D eigenvalue weighted by Gasteiger charge is -2.24. The molecule has 0 fully saturated rings. The van der Waals surface area contributed by atoms with Crippen LogP contribution in [0.3, 0.4) is 0 Å². The Balaban J connectivity index is 1.65. The molecule has 2 N–H and O–H groups in total. The van der Waals surface area contributed by atoms with Gasteiger partial charge in [-0.2, -0.15) is 0 Å². The topological polar surface area (TPSA) is 79.0 Å². The molecule has 0 saturated carbocycles. The molecule has 1 atom stereocenters. The van der Waals surface area contributed by atoms with Crippen LogP contribution in [0, 0.1) is 13.8 Å². The summed E-state index contributed by atoms with van der Waals surface area (Å²) in [6.45, 7) is 3.79. The smallest absolute Gasteiger partial charge is 0.261 e. The van der Waals surface area contributed by atoms with Crippen molar-refractivity contribution in [2.75, 3.05) is 5.32 Å². The van der Waals surface area contributed by atoms with E-state index in [-0.39, 0.29) is 17.3 Å². The van der Waals surface area contributed by atoms with E-state index in [1.807, 2.05) is 62.4 Å². The highest BCUT2D eigenvalue weighted by Gasteiger charge is 2.28. The molecule has 1 aliphatic rings. The highest BCUT2D eigenvalue weighted by molar-refractivity contribution is 6.07. The maximum atomic E-state index is 12.8. The van der Waals surface area contributed by atoms with Crippen LogP contribution in [0.5, 0.6) is 0 Å². The van der Waals surface area contributed by atoms with Crippen molar-refractivity contribution in [2.45, 2.75) is 32.6 Å². The van der Waals surface area contributed by atoms with Gasteiger partial charge in [0.2, 0.25) is 0 Å². The van der Waals surface area contributed by atoms with Crippen LogP contribution >= 0.6 is 0 Å². The van der Waals surface area contributed by atoms with Crippen LogP contribution in [0.25, 0.3) is 0 Å². The molecule has 1 aromatic heterocycles. The number of H-pyrrole nitrogens is 1. The van der Waals surface area contributed by atoms with Gasteiger partial charge in [0.15, 0.2) is 5.78 Å². The number of amides is 1. The number of ketones is 1. The van der Waals surface area contributed by atoms with Gasteiger partial charge in [0.05, 0.1) is 0 Å². The second-order valence-corrected chi connectivity index (χ2v) is 7.56. The molecule has 1 aliphatic carbocycles. The van der Waals surface area contributed by atoms with Crippen LogP contribution < -0.4 is 10.9 Å².